The summed E-state index contributed by atoms with van der Waals surface area (Å²) >= 11 is 17.1. The Balaban J connectivity index is 2.09. The van der Waals surface area contributed by atoms with E-state index in [4.69, 9.17) is 39.5 Å². The molecule has 1 aliphatic rings. The predicted octanol–water partition coefficient (Wildman–Crippen LogP) is 4.30. The lowest BCUT2D eigenvalue weighted by Crippen LogP contribution is -2.37. The zero-order chi connectivity index (χ0) is 22.1. The van der Waals surface area contributed by atoms with Gasteiger partial charge in [0, 0.05) is 5.56 Å². The molecule has 0 saturated carbocycles. The van der Waals surface area contributed by atoms with Gasteiger partial charge in [0.25, 0.3) is 19.7 Å². The molecule has 2 aromatic rings. The van der Waals surface area contributed by atoms with E-state index in [1.807, 2.05) is 6.92 Å². The fraction of sp³-hybridized carbons (Fsp3) is 0.250. The molecule has 3 rings (SSSR count). The summed E-state index contributed by atoms with van der Waals surface area (Å²) in [5.74, 6) is -0.337. The molecule has 1 N–H and O–H groups in total. The van der Waals surface area contributed by atoms with Gasteiger partial charge in [-0.15, -0.1) is 0 Å². The highest BCUT2D eigenvalue weighted by molar-refractivity contribution is 7.92. The molecule has 0 radical (unpaired) electrons. The SMILES string of the molecule is COc1ccc2c(c1)C(NC(=O)C(Cl)(Cl)Cl)C=CCN2S(=O)(=O)c1ccc(C)cc1. The molecule has 30 heavy (non-hydrogen) atoms. The third-order valence-electron chi connectivity index (χ3n) is 4.59. The highest BCUT2D eigenvalue weighted by atomic mass is 35.6. The van der Waals surface area contributed by atoms with Crippen molar-refractivity contribution in [2.75, 3.05) is 18.0 Å². The van der Waals surface area contributed by atoms with Gasteiger partial charge in [0.1, 0.15) is 5.75 Å². The Bertz CT molecular complexity index is 1080. The summed E-state index contributed by atoms with van der Waals surface area (Å²) in [6, 6.07) is 10.8. The summed E-state index contributed by atoms with van der Waals surface area (Å²) in [4.78, 5) is 12.4. The van der Waals surface area contributed by atoms with E-state index in [-0.39, 0.29) is 11.4 Å². The van der Waals surface area contributed by atoms with Crippen LogP contribution in [0, 0.1) is 6.92 Å². The number of rotatable bonds is 4. The van der Waals surface area contributed by atoms with Crippen LogP contribution in [-0.2, 0) is 14.8 Å². The minimum atomic E-state index is -3.87. The van der Waals surface area contributed by atoms with Gasteiger partial charge in [-0.05, 0) is 37.3 Å². The Morgan fingerprint density at radius 3 is 2.43 bits per heavy atom. The van der Waals surface area contributed by atoms with Crippen molar-refractivity contribution >= 4 is 56.4 Å². The second kappa shape index (κ2) is 8.67. The van der Waals surface area contributed by atoms with Gasteiger partial charge in [0.15, 0.2) is 0 Å². The molecular weight excluding hydrogens is 471 g/mol. The summed E-state index contributed by atoms with van der Waals surface area (Å²) in [5, 5.41) is 2.63. The van der Waals surface area contributed by atoms with Gasteiger partial charge in [-0.1, -0.05) is 64.7 Å². The van der Waals surface area contributed by atoms with Gasteiger partial charge in [0.05, 0.1) is 30.3 Å². The van der Waals surface area contributed by atoms with E-state index in [0.29, 0.717) is 17.0 Å². The minimum Gasteiger partial charge on any atom is -0.497 e. The van der Waals surface area contributed by atoms with Crippen LogP contribution in [0.25, 0.3) is 0 Å². The summed E-state index contributed by atoms with van der Waals surface area (Å²) < 4.78 is 31.1. The molecule has 0 fully saturated rings. The lowest BCUT2D eigenvalue weighted by atomic mass is 10.0. The number of nitrogens with zero attached hydrogens (tertiary/aromatic N) is 1. The quantitative estimate of drug-likeness (QED) is 0.513. The number of hydrogen-bond acceptors (Lipinski definition) is 4. The largest absolute Gasteiger partial charge is 0.497 e. The molecule has 0 spiro atoms. The summed E-state index contributed by atoms with van der Waals surface area (Å²) in [5.41, 5.74) is 1.82. The molecule has 1 amide bonds. The van der Waals surface area contributed by atoms with Gasteiger partial charge >= 0.3 is 0 Å². The molecule has 2 aromatic carbocycles. The van der Waals surface area contributed by atoms with Crippen molar-refractivity contribution in [2.24, 2.45) is 0 Å². The van der Waals surface area contributed by atoms with Crippen molar-refractivity contribution < 1.29 is 17.9 Å². The van der Waals surface area contributed by atoms with E-state index < -0.39 is 25.8 Å². The summed E-state index contributed by atoms with van der Waals surface area (Å²) in [7, 11) is -2.37. The fourth-order valence-corrected chi connectivity index (χ4v) is 4.65. The first kappa shape index (κ1) is 22.7. The third-order valence-corrected chi connectivity index (χ3v) is 6.90. The Kier molecular flexibility index (Phi) is 6.57. The number of alkyl halides is 3. The highest BCUT2D eigenvalue weighted by Crippen LogP contribution is 2.37. The second-order valence-electron chi connectivity index (χ2n) is 6.65. The number of amides is 1. The Labute approximate surface area is 190 Å². The number of hydrogen-bond donors (Lipinski definition) is 1. The van der Waals surface area contributed by atoms with Gasteiger partial charge in [-0.2, -0.15) is 0 Å². The van der Waals surface area contributed by atoms with Crippen molar-refractivity contribution in [3.8, 4) is 5.75 Å². The molecule has 10 heteroatoms. The van der Waals surface area contributed by atoms with Crippen molar-refractivity contribution in [2.45, 2.75) is 21.7 Å². The minimum absolute atomic E-state index is 0.0652. The second-order valence-corrected chi connectivity index (χ2v) is 10.8. The number of benzene rings is 2. The van der Waals surface area contributed by atoms with E-state index in [1.54, 1.807) is 54.6 Å². The number of sulfonamides is 1. The molecule has 0 saturated heterocycles. The lowest BCUT2D eigenvalue weighted by Gasteiger charge is -2.26. The molecule has 160 valence electrons. The first-order valence-electron chi connectivity index (χ1n) is 8.85. The Morgan fingerprint density at radius 1 is 1.17 bits per heavy atom. The number of carbonyl (C=O) groups is 1. The number of methoxy groups -OCH3 is 1. The number of fused-ring (bicyclic) bond motifs is 1. The summed E-state index contributed by atoms with van der Waals surface area (Å²) in [6.07, 6.45) is 3.29. The number of anilines is 1. The summed E-state index contributed by atoms with van der Waals surface area (Å²) in [6.45, 7) is 1.94. The first-order valence-corrected chi connectivity index (χ1v) is 11.4. The van der Waals surface area contributed by atoms with Crippen LogP contribution in [-0.4, -0.2) is 31.8 Å². The number of nitrogens with one attached hydrogen (secondary N) is 1. The van der Waals surface area contributed by atoms with Crippen LogP contribution in [0.2, 0.25) is 0 Å². The zero-order valence-corrected chi connectivity index (χ0v) is 19.2. The highest BCUT2D eigenvalue weighted by Gasteiger charge is 2.35. The van der Waals surface area contributed by atoms with E-state index >= 15 is 0 Å². The molecular formula is C20H19Cl3N2O4S. The number of aryl methyl sites for hydroxylation is 1. The monoisotopic (exact) mass is 488 g/mol. The van der Waals surface area contributed by atoms with Crippen molar-refractivity contribution in [3.63, 3.8) is 0 Å². The van der Waals surface area contributed by atoms with Gasteiger partial charge < -0.3 is 10.1 Å². The zero-order valence-electron chi connectivity index (χ0n) is 16.1. The molecule has 1 heterocycles. The van der Waals surface area contributed by atoms with E-state index in [9.17, 15) is 13.2 Å². The molecule has 1 atom stereocenters. The standard InChI is InChI=1S/C20H19Cl3N2O4S/c1-13-5-8-15(9-6-13)30(27,28)25-11-3-4-17(24-19(26)20(21,22)23)16-12-14(29-2)7-10-18(16)25/h3-10,12,17H,11H2,1-2H3,(H,24,26). The molecule has 0 bridgehead atoms. The van der Waals surface area contributed by atoms with Gasteiger partial charge in [-0.3, -0.25) is 9.10 Å². The van der Waals surface area contributed by atoms with Crippen LogP contribution in [0.1, 0.15) is 17.2 Å². The van der Waals surface area contributed by atoms with Crippen LogP contribution in [0.3, 0.4) is 0 Å². The molecule has 0 aromatic heterocycles. The maximum absolute atomic E-state index is 13.4. The Morgan fingerprint density at radius 2 is 1.83 bits per heavy atom. The molecule has 1 aliphatic heterocycles. The number of carbonyl (C=O) groups excluding carboxylic acids is 1. The maximum Gasteiger partial charge on any atom is 0.272 e. The van der Waals surface area contributed by atoms with Crippen LogP contribution in [0.5, 0.6) is 5.75 Å². The van der Waals surface area contributed by atoms with Crippen LogP contribution in [0.4, 0.5) is 5.69 Å². The normalized spacial score (nSPS) is 16.6. The maximum atomic E-state index is 13.4. The van der Waals surface area contributed by atoms with Crippen LogP contribution >= 0.6 is 34.8 Å². The van der Waals surface area contributed by atoms with E-state index in [0.717, 1.165) is 5.56 Å². The fourth-order valence-electron chi connectivity index (χ4n) is 3.04. The van der Waals surface area contributed by atoms with E-state index in [2.05, 4.69) is 5.32 Å². The molecule has 6 nitrogen and oxygen atoms in total. The smallest absolute Gasteiger partial charge is 0.272 e. The Hall–Kier alpha value is -1.93. The van der Waals surface area contributed by atoms with Crippen LogP contribution < -0.4 is 14.4 Å². The number of halogens is 3. The van der Waals surface area contributed by atoms with Crippen LogP contribution in [0.15, 0.2) is 59.5 Å². The van der Waals surface area contributed by atoms with Gasteiger partial charge in [0.2, 0.25) is 0 Å². The average molecular weight is 490 g/mol. The van der Waals surface area contributed by atoms with Crippen molar-refractivity contribution in [1.82, 2.24) is 5.32 Å². The van der Waals surface area contributed by atoms with Crippen molar-refractivity contribution in [3.05, 3.63) is 65.7 Å². The van der Waals surface area contributed by atoms with Crippen molar-refractivity contribution in [1.29, 1.82) is 0 Å². The molecule has 0 aliphatic carbocycles. The molecule has 1 unspecified atom stereocenters. The number of ether oxygens (including phenoxy) is 1. The topological polar surface area (TPSA) is 75.7 Å². The lowest BCUT2D eigenvalue weighted by molar-refractivity contribution is -0.120. The first-order chi connectivity index (χ1) is 14.0. The average Bonchev–Trinajstić information content (AvgIpc) is 2.87. The predicted molar refractivity (Wildman–Crippen MR) is 119 cm³/mol. The third kappa shape index (κ3) is 4.70. The van der Waals surface area contributed by atoms with E-state index in [1.165, 1.54) is 11.4 Å². The van der Waals surface area contributed by atoms with Gasteiger partial charge in [-0.25, -0.2) is 8.42 Å².